The van der Waals surface area contributed by atoms with Crippen LogP contribution in [0.15, 0.2) is 0 Å². The molecule has 1 aliphatic heterocycles. The first-order chi connectivity index (χ1) is 6.91. The van der Waals surface area contributed by atoms with E-state index in [2.05, 4.69) is 10.0 Å². The molecule has 0 spiro atoms. The van der Waals surface area contributed by atoms with Crippen molar-refractivity contribution in [3.63, 3.8) is 0 Å². The second-order valence-electron chi connectivity index (χ2n) is 4.46. The SMILES string of the molecule is CC(C)CS(=O)(=O)N[C@@H]1CCNC[C@H]1O.Cl.Cl. The Kier molecular flexibility index (Phi) is 9.87. The largest absolute Gasteiger partial charge is 0.390 e. The quantitative estimate of drug-likeness (QED) is 0.690. The third-order valence-corrected chi connectivity index (χ3v) is 4.10. The molecule has 8 heteroatoms. The number of nitrogens with one attached hydrogen (secondary N) is 2. The molecule has 0 saturated carbocycles. The molecule has 1 saturated heterocycles. The van der Waals surface area contributed by atoms with Crippen molar-refractivity contribution in [3.05, 3.63) is 0 Å². The number of β-amino-alcohol motifs (C(OH)–C–C–N with tert-alkyl or cyclic N) is 1. The second-order valence-corrected chi connectivity index (χ2v) is 6.26. The van der Waals surface area contributed by atoms with Crippen molar-refractivity contribution in [2.45, 2.75) is 32.4 Å². The van der Waals surface area contributed by atoms with E-state index in [4.69, 9.17) is 0 Å². The Morgan fingerprint density at radius 3 is 2.47 bits per heavy atom. The minimum absolute atomic E-state index is 0. The Morgan fingerprint density at radius 2 is 2.00 bits per heavy atom. The third-order valence-electron chi connectivity index (χ3n) is 2.33. The maximum Gasteiger partial charge on any atom is 0.212 e. The van der Waals surface area contributed by atoms with Crippen LogP contribution in [0.5, 0.6) is 0 Å². The van der Waals surface area contributed by atoms with Gasteiger partial charge >= 0.3 is 0 Å². The fourth-order valence-corrected chi connectivity index (χ4v) is 3.41. The maximum absolute atomic E-state index is 11.6. The fourth-order valence-electron chi connectivity index (χ4n) is 1.70. The number of aliphatic hydroxyl groups excluding tert-OH is 1. The standard InChI is InChI=1S/C9H20N2O3S.2ClH/c1-7(2)6-15(13,14)11-8-3-4-10-5-9(8)12;;/h7-12H,3-6H2,1-2H3;2*1H/t8-,9-;;/m1../s1. The Hall–Kier alpha value is 0.410. The van der Waals surface area contributed by atoms with Crippen molar-refractivity contribution in [1.29, 1.82) is 0 Å². The van der Waals surface area contributed by atoms with Gasteiger partial charge in [-0.15, -0.1) is 24.8 Å². The molecule has 1 heterocycles. The molecule has 1 fully saturated rings. The van der Waals surface area contributed by atoms with Gasteiger partial charge in [0.2, 0.25) is 10.0 Å². The third kappa shape index (κ3) is 7.43. The van der Waals surface area contributed by atoms with Crippen molar-refractivity contribution in [1.82, 2.24) is 10.0 Å². The summed E-state index contributed by atoms with van der Waals surface area (Å²) in [5, 5.41) is 12.6. The van der Waals surface area contributed by atoms with Gasteiger partial charge in [0.05, 0.1) is 17.9 Å². The average molecular weight is 309 g/mol. The molecule has 106 valence electrons. The number of rotatable bonds is 4. The van der Waals surface area contributed by atoms with Gasteiger partial charge in [-0.3, -0.25) is 0 Å². The highest BCUT2D eigenvalue weighted by Crippen LogP contribution is 2.07. The molecular weight excluding hydrogens is 287 g/mol. The van der Waals surface area contributed by atoms with E-state index in [1.807, 2.05) is 13.8 Å². The van der Waals surface area contributed by atoms with Crippen LogP contribution < -0.4 is 10.0 Å². The predicted molar refractivity (Wildman–Crippen MR) is 73.5 cm³/mol. The van der Waals surface area contributed by atoms with Crippen LogP contribution >= 0.6 is 24.8 Å². The van der Waals surface area contributed by atoms with Crippen molar-refractivity contribution in [2.75, 3.05) is 18.8 Å². The smallest absolute Gasteiger partial charge is 0.212 e. The summed E-state index contributed by atoms with van der Waals surface area (Å²) in [6.45, 7) is 4.91. The predicted octanol–water partition coefficient (Wildman–Crippen LogP) is 0.128. The monoisotopic (exact) mass is 308 g/mol. The molecule has 1 aliphatic rings. The molecule has 0 amide bonds. The fraction of sp³-hybridized carbons (Fsp3) is 1.00. The summed E-state index contributed by atoms with van der Waals surface area (Å²) in [5.41, 5.74) is 0. The highest BCUT2D eigenvalue weighted by molar-refractivity contribution is 7.89. The van der Waals surface area contributed by atoms with E-state index in [1.165, 1.54) is 0 Å². The molecule has 0 radical (unpaired) electrons. The molecule has 17 heavy (non-hydrogen) atoms. The summed E-state index contributed by atoms with van der Waals surface area (Å²) in [5.74, 6) is 0.213. The molecule has 1 rings (SSSR count). The van der Waals surface area contributed by atoms with Gasteiger partial charge in [0.1, 0.15) is 0 Å². The summed E-state index contributed by atoms with van der Waals surface area (Å²) < 4.78 is 25.8. The van der Waals surface area contributed by atoms with Gasteiger partial charge in [-0.25, -0.2) is 13.1 Å². The highest BCUT2D eigenvalue weighted by Gasteiger charge is 2.27. The van der Waals surface area contributed by atoms with Gasteiger partial charge < -0.3 is 10.4 Å². The van der Waals surface area contributed by atoms with Crippen molar-refractivity contribution in [3.8, 4) is 0 Å². The lowest BCUT2D eigenvalue weighted by Gasteiger charge is -2.29. The topological polar surface area (TPSA) is 78.4 Å². The summed E-state index contributed by atoms with van der Waals surface area (Å²) in [4.78, 5) is 0. The molecule has 0 aromatic carbocycles. The van der Waals surface area contributed by atoms with E-state index < -0.39 is 16.1 Å². The van der Waals surface area contributed by atoms with Gasteiger partial charge in [-0.05, 0) is 18.9 Å². The molecular formula is C9H22Cl2N2O3S. The first-order valence-corrected chi connectivity index (χ1v) is 6.95. The summed E-state index contributed by atoms with van der Waals surface area (Å²) in [6.07, 6.45) is 0.0130. The zero-order valence-electron chi connectivity index (χ0n) is 10.0. The number of aliphatic hydroxyl groups is 1. The van der Waals surface area contributed by atoms with Crippen molar-refractivity contribution in [2.24, 2.45) is 5.92 Å². The number of piperidine rings is 1. The minimum Gasteiger partial charge on any atom is -0.390 e. The molecule has 0 unspecified atom stereocenters. The summed E-state index contributed by atoms with van der Waals surface area (Å²) in [7, 11) is -3.25. The second kappa shape index (κ2) is 8.50. The lowest BCUT2D eigenvalue weighted by molar-refractivity contribution is 0.113. The first-order valence-electron chi connectivity index (χ1n) is 5.29. The molecule has 0 aromatic heterocycles. The molecule has 0 bridgehead atoms. The number of halogens is 2. The Morgan fingerprint density at radius 1 is 1.41 bits per heavy atom. The zero-order valence-corrected chi connectivity index (χ0v) is 12.5. The Labute approximate surface area is 116 Å². The van der Waals surface area contributed by atoms with E-state index in [9.17, 15) is 13.5 Å². The molecule has 0 aliphatic carbocycles. The minimum atomic E-state index is -3.25. The van der Waals surface area contributed by atoms with Crippen molar-refractivity contribution >= 4 is 34.8 Å². The summed E-state index contributed by atoms with van der Waals surface area (Å²) >= 11 is 0. The molecule has 3 N–H and O–H groups in total. The van der Waals surface area contributed by atoms with E-state index in [0.717, 1.165) is 6.54 Å². The van der Waals surface area contributed by atoms with Gasteiger partial charge in [-0.1, -0.05) is 13.8 Å². The van der Waals surface area contributed by atoms with Crippen molar-refractivity contribution < 1.29 is 13.5 Å². The first kappa shape index (κ1) is 19.7. The van der Waals surface area contributed by atoms with Gasteiger partial charge in [0.25, 0.3) is 0 Å². The lowest BCUT2D eigenvalue weighted by atomic mass is 10.1. The Balaban J connectivity index is 0. The number of hydrogen-bond acceptors (Lipinski definition) is 4. The molecule has 2 atom stereocenters. The average Bonchev–Trinajstić information content (AvgIpc) is 2.06. The van der Waals surface area contributed by atoms with Gasteiger partial charge in [0, 0.05) is 6.54 Å². The zero-order chi connectivity index (χ0) is 11.5. The van der Waals surface area contributed by atoms with Crippen LogP contribution in [-0.4, -0.2) is 44.5 Å². The van der Waals surface area contributed by atoms with Crippen LogP contribution in [0.4, 0.5) is 0 Å². The van der Waals surface area contributed by atoms with E-state index in [0.29, 0.717) is 13.0 Å². The van der Waals surface area contributed by atoms with Gasteiger partial charge in [0.15, 0.2) is 0 Å². The van der Waals surface area contributed by atoms with Crippen LogP contribution in [0.2, 0.25) is 0 Å². The Bertz CT molecular complexity index is 299. The molecule has 5 nitrogen and oxygen atoms in total. The lowest BCUT2D eigenvalue weighted by Crippen LogP contribution is -2.53. The number of sulfonamides is 1. The molecule has 0 aromatic rings. The van der Waals surface area contributed by atoms with Crippen LogP contribution in [0.1, 0.15) is 20.3 Å². The van der Waals surface area contributed by atoms with Crippen LogP contribution in [0.25, 0.3) is 0 Å². The van der Waals surface area contributed by atoms with E-state index in [1.54, 1.807) is 0 Å². The normalized spacial score (nSPS) is 24.9. The van der Waals surface area contributed by atoms with Crippen LogP contribution in [-0.2, 0) is 10.0 Å². The van der Waals surface area contributed by atoms with Crippen LogP contribution in [0.3, 0.4) is 0 Å². The number of hydrogen-bond donors (Lipinski definition) is 3. The van der Waals surface area contributed by atoms with E-state index >= 15 is 0 Å². The highest BCUT2D eigenvalue weighted by atomic mass is 35.5. The summed E-state index contributed by atoms with van der Waals surface area (Å²) in [6, 6.07) is -0.338. The van der Waals surface area contributed by atoms with Crippen LogP contribution in [0, 0.1) is 5.92 Å². The van der Waals surface area contributed by atoms with E-state index in [-0.39, 0.29) is 42.5 Å². The maximum atomic E-state index is 11.6. The van der Waals surface area contributed by atoms with Gasteiger partial charge in [-0.2, -0.15) is 0 Å².